The smallest absolute Gasteiger partial charge is 0.00727 e. The Morgan fingerprint density at radius 2 is 1.93 bits per heavy atom. The summed E-state index contributed by atoms with van der Waals surface area (Å²) in [6, 6.07) is 0. The van der Waals surface area contributed by atoms with Crippen molar-refractivity contribution >= 4 is 0 Å². The predicted octanol–water partition coefficient (Wildman–Crippen LogP) is 4.87. The highest BCUT2D eigenvalue weighted by molar-refractivity contribution is 5.38. The lowest BCUT2D eigenvalue weighted by Gasteiger charge is -2.41. The maximum Gasteiger partial charge on any atom is -0.00727 e. The summed E-state index contributed by atoms with van der Waals surface area (Å²) >= 11 is 0. The van der Waals surface area contributed by atoms with E-state index < -0.39 is 0 Å². The Kier molecular flexibility index (Phi) is 2.79. The normalized spacial score (nSPS) is 31.7. The summed E-state index contributed by atoms with van der Waals surface area (Å²) in [5, 5.41) is 0. The van der Waals surface area contributed by atoms with Gasteiger partial charge in [0, 0.05) is 0 Å². The van der Waals surface area contributed by atoms with E-state index in [2.05, 4.69) is 33.8 Å². The highest BCUT2D eigenvalue weighted by Gasteiger charge is 2.34. The summed E-state index contributed by atoms with van der Waals surface area (Å²) in [4.78, 5) is 0. The molecule has 0 unspecified atom stereocenters. The van der Waals surface area contributed by atoms with Crippen molar-refractivity contribution in [3.05, 3.63) is 22.8 Å². The molecule has 0 aliphatic heterocycles. The van der Waals surface area contributed by atoms with Gasteiger partial charge in [0.15, 0.2) is 0 Å². The van der Waals surface area contributed by atoms with Gasteiger partial charge in [0.2, 0.25) is 0 Å². The Hall–Kier alpha value is -0.520. The molecule has 0 aromatic rings. The number of rotatable bonds is 1. The molecule has 0 radical (unpaired) electrons. The summed E-state index contributed by atoms with van der Waals surface area (Å²) in [7, 11) is 0. The summed E-state index contributed by atoms with van der Waals surface area (Å²) in [5.41, 5.74) is 5.52. The minimum atomic E-state index is 0.515. The molecule has 15 heavy (non-hydrogen) atoms. The van der Waals surface area contributed by atoms with E-state index in [1.165, 1.54) is 32.1 Å². The van der Waals surface area contributed by atoms with Crippen molar-refractivity contribution in [2.45, 2.75) is 59.8 Å². The summed E-state index contributed by atoms with van der Waals surface area (Å²) < 4.78 is 0. The van der Waals surface area contributed by atoms with Gasteiger partial charge in [0.25, 0.3) is 0 Å². The van der Waals surface area contributed by atoms with Crippen LogP contribution in [0.5, 0.6) is 0 Å². The molecular weight excluding hydrogens is 180 g/mol. The molecule has 0 saturated carbocycles. The highest BCUT2D eigenvalue weighted by atomic mass is 14.4. The van der Waals surface area contributed by atoms with Crippen LogP contribution in [0.2, 0.25) is 0 Å². The van der Waals surface area contributed by atoms with Crippen LogP contribution in [0.1, 0.15) is 59.8 Å². The zero-order chi connectivity index (χ0) is 11.1. The van der Waals surface area contributed by atoms with Crippen molar-refractivity contribution in [1.29, 1.82) is 0 Å². The van der Waals surface area contributed by atoms with Crippen LogP contribution in [-0.4, -0.2) is 0 Å². The first-order valence-electron chi connectivity index (χ1n) is 6.43. The van der Waals surface area contributed by atoms with Crippen molar-refractivity contribution < 1.29 is 0 Å². The first-order chi connectivity index (χ1) is 7.03. The van der Waals surface area contributed by atoms with Gasteiger partial charge in [-0.3, -0.25) is 0 Å². The molecular formula is C15H24. The third-order valence-electron chi connectivity index (χ3n) is 4.43. The van der Waals surface area contributed by atoms with E-state index in [4.69, 9.17) is 0 Å². The SMILES string of the molecule is CC1=C2C=C(C(C)C)CC[C@]2(C)CCC1. The largest absolute Gasteiger partial charge is 0.0696 e. The molecule has 0 saturated heterocycles. The minimum absolute atomic E-state index is 0.515. The fraction of sp³-hybridized carbons (Fsp3) is 0.733. The quantitative estimate of drug-likeness (QED) is 0.571. The van der Waals surface area contributed by atoms with Crippen LogP contribution in [0.3, 0.4) is 0 Å². The van der Waals surface area contributed by atoms with Crippen LogP contribution in [0.4, 0.5) is 0 Å². The molecule has 2 aliphatic carbocycles. The van der Waals surface area contributed by atoms with Gasteiger partial charge in [-0.15, -0.1) is 0 Å². The summed E-state index contributed by atoms with van der Waals surface area (Å²) in [5.74, 6) is 0.733. The van der Waals surface area contributed by atoms with Crippen molar-refractivity contribution in [3.8, 4) is 0 Å². The first-order valence-corrected chi connectivity index (χ1v) is 6.43. The third kappa shape index (κ3) is 1.91. The van der Waals surface area contributed by atoms with Crippen LogP contribution < -0.4 is 0 Å². The average molecular weight is 204 g/mol. The van der Waals surface area contributed by atoms with Gasteiger partial charge in [-0.25, -0.2) is 0 Å². The lowest BCUT2D eigenvalue weighted by Crippen LogP contribution is -2.27. The Morgan fingerprint density at radius 1 is 1.20 bits per heavy atom. The molecule has 0 amide bonds. The molecule has 0 aromatic carbocycles. The fourth-order valence-electron chi connectivity index (χ4n) is 3.22. The van der Waals surface area contributed by atoms with Crippen molar-refractivity contribution in [2.75, 3.05) is 0 Å². The van der Waals surface area contributed by atoms with Gasteiger partial charge in [-0.2, -0.15) is 0 Å². The zero-order valence-corrected chi connectivity index (χ0v) is 10.7. The second-order valence-corrected chi connectivity index (χ2v) is 5.98. The fourth-order valence-corrected chi connectivity index (χ4v) is 3.22. The number of hydrogen-bond donors (Lipinski definition) is 0. The number of fused-ring (bicyclic) bond motifs is 1. The lowest BCUT2D eigenvalue weighted by atomic mass is 9.64. The third-order valence-corrected chi connectivity index (χ3v) is 4.43. The molecule has 0 nitrogen and oxygen atoms in total. The van der Waals surface area contributed by atoms with Crippen molar-refractivity contribution in [2.24, 2.45) is 11.3 Å². The predicted molar refractivity (Wildman–Crippen MR) is 66.8 cm³/mol. The first kappa shape index (κ1) is 11.0. The average Bonchev–Trinajstić information content (AvgIpc) is 2.17. The molecule has 0 heterocycles. The van der Waals surface area contributed by atoms with Gasteiger partial charge in [0.05, 0.1) is 0 Å². The van der Waals surface area contributed by atoms with Gasteiger partial charge < -0.3 is 0 Å². The Labute approximate surface area is 94.5 Å². The van der Waals surface area contributed by atoms with E-state index >= 15 is 0 Å². The molecule has 0 bridgehead atoms. The van der Waals surface area contributed by atoms with Crippen molar-refractivity contribution in [1.82, 2.24) is 0 Å². The van der Waals surface area contributed by atoms with E-state index in [0.29, 0.717) is 5.41 Å². The van der Waals surface area contributed by atoms with E-state index in [0.717, 1.165) is 5.92 Å². The Balaban J connectivity index is 2.39. The number of allylic oxidation sites excluding steroid dienone is 4. The van der Waals surface area contributed by atoms with Crippen LogP contribution in [0.15, 0.2) is 22.8 Å². The monoisotopic (exact) mass is 204 g/mol. The van der Waals surface area contributed by atoms with Crippen molar-refractivity contribution in [3.63, 3.8) is 0 Å². The zero-order valence-electron chi connectivity index (χ0n) is 10.7. The molecule has 1 atom stereocenters. The minimum Gasteiger partial charge on any atom is -0.0696 e. The van der Waals surface area contributed by atoms with Gasteiger partial charge in [-0.1, -0.05) is 38.0 Å². The maximum absolute atomic E-state index is 2.53. The van der Waals surface area contributed by atoms with Crippen LogP contribution in [0, 0.1) is 11.3 Å². The van der Waals surface area contributed by atoms with Crippen LogP contribution in [-0.2, 0) is 0 Å². The summed E-state index contributed by atoms with van der Waals surface area (Å²) in [6.45, 7) is 9.46. The molecule has 2 rings (SSSR count). The molecule has 84 valence electrons. The summed E-state index contributed by atoms with van der Waals surface area (Å²) in [6.07, 6.45) is 9.36. The van der Waals surface area contributed by atoms with Gasteiger partial charge in [0.1, 0.15) is 0 Å². The number of hydrogen-bond acceptors (Lipinski definition) is 0. The molecule has 0 N–H and O–H groups in total. The maximum atomic E-state index is 2.53. The van der Waals surface area contributed by atoms with E-state index in [9.17, 15) is 0 Å². The topological polar surface area (TPSA) is 0 Å². The van der Waals surface area contributed by atoms with Gasteiger partial charge in [-0.05, 0) is 55.9 Å². The second kappa shape index (κ2) is 3.81. The van der Waals surface area contributed by atoms with E-state index in [1.54, 1.807) is 16.7 Å². The lowest BCUT2D eigenvalue weighted by molar-refractivity contribution is 0.300. The Bertz CT molecular complexity index is 317. The van der Waals surface area contributed by atoms with Crippen LogP contribution in [0.25, 0.3) is 0 Å². The van der Waals surface area contributed by atoms with E-state index in [1.807, 2.05) is 0 Å². The van der Waals surface area contributed by atoms with Gasteiger partial charge >= 0.3 is 0 Å². The van der Waals surface area contributed by atoms with Crippen LogP contribution >= 0.6 is 0 Å². The standard InChI is InChI=1S/C15H24/c1-11(2)13-7-9-15(4)8-5-6-12(3)14(15)10-13/h10-11H,5-9H2,1-4H3/t15-/m0/s1. The Morgan fingerprint density at radius 3 is 2.60 bits per heavy atom. The molecule has 0 spiro atoms. The highest BCUT2D eigenvalue weighted by Crippen LogP contribution is 2.49. The molecule has 2 aliphatic rings. The van der Waals surface area contributed by atoms with E-state index in [-0.39, 0.29) is 0 Å². The molecule has 0 heteroatoms. The second-order valence-electron chi connectivity index (χ2n) is 5.98. The molecule has 0 aromatic heterocycles. The molecule has 0 fully saturated rings.